The van der Waals surface area contributed by atoms with Gasteiger partial charge in [-0.3, -0.25) is 5.32 Å². The van der Waals surface area contributed by atoms with E-state index < -0.39 is 5.54 Å². The molecule has 2 atom stereocenters. The van der Waals surface area contributed by atoms with Gasteiger partial charge in [0.2, 0.25) is 0 Å². The van der Waals surface area contributed by atoms with Crippen LogP contribution in [-0.4, -0.2) is 43.7 Å². The Morgan fingerprint density at radius 3 is 3.29 bits per heavy atom. The number of carbonyl (C=O) groups is 1. The van der Waals surface area contributed by atoms with Crippen molar-refractivity contribution in [3.8, 4) is 0 Å². The van der Waals surface area contributed by atoms with Gasteiger partial charge in [0.25, 0.3) is 0 Å². The first-order chi connectivity index (χ1) is 8.17. The highest BCUT2D eigenvalue weighted by Crippen LogP contribution is 2.41. The summed E-state index contributed by atoms with van der Waals surface area (Å²) in [6.07, 6.45) is 1.69. The number of fused-ring (bicyclic) bond motifs is 3. The Bertz CT molecular complexity index is 456. The predicted octanol–water partition coefficient (Wildman–Crippen LogP) is 0.324. The van der Waals surface area contributed by atoms with Crippen LogP contribution in [0.15, 0.2) is 16.7 Å². The average molecular weight is 236 g/mol. The van der Waals surface area contributed by atoms with Crippen molar-refractivity contribution in [2.24, 2.45) is 0 Å². The summed E-state index contributed by atoms with van der Waals surface area (Å²) in [5.41, 5.74) is 0.499. The molecule has 0 aromatic carbocycles. The minimum atomic E-state index is -0.644. The van der Waals surface area contributed by atoms with Gasteiger partial charge in [-0.25, -0.2) is 4.79 Å². The highest BCUT2D eigenvalue weighted by atomic mass is 16.5. The Morgan fingerprint density at radius 2 is 2.53 bits per heavy atom. The summed E-state index contributed by atoms with van der Waals surface area (Å²) in [6, 6.07) is 1.96. The molecule has 0 spiro atoms. The summed E-state index contributed by atoms with van der Waals surface area (Å²) in [5, 5.41) is 3.34. The number of nitrogens with zero attached hydrogens (tertiary/aromatic N) is 1. The number of methoxy groups -OCH3 is 1. The fraction of sp³-hybridized carbons (Fsp3) is 0.583. The Morgan fingerprint density at radius 1 is 1.71 bits per heavy atom. The molecule has 0 aliphatic carbocycles. The van der Waals surface area contributed by atoms with Crippen molar-refractivity contribution in [3.63, 3.8) is 0 Å². The molecule has 0 radical (unpaired) electrons. The van der Waals surface area contributed by atoms with Crippen LogP contribution >= 0.6 is 0 Å². The van der Waals surface area contributed by atoms with E-state index in [2.05, 4.69) is 10.2 Å². The summed E-state index contributed by atoms with van der Waals surface area (Å²) < 4.78 is 10.5. The molecule has 2 aliphatic heterocycles. The minimum Gasteiger partial charge on any atom is -0.469 e. The number of esters is 1. The molecule has 0 unspecified atom stereocenters. The maximum Gasteiger partial charge on any atom is 0.328 e. The van der Waals surface area contributed by atoms with E-state index in [0.29, 0.717) is 13.1 Å². The van der Waals surface area contributed by atoms with Gasteiger partial charge in [-0.1, -0.05) is 0 Å². The first kappa shape index (κ1) is 10.8. The Kier molecular flexibility index (Phi) is 2.27. The molecule has 5 nitrogen and oxygen atoms in total. The third-order valence-corrected chi connectivity index (χ3v) is 3.85. The van der Waals surface area contributed by atoms with Crippen molar-refractivity contribution < 1.29 is 13.9 Å². The molecule has 0 saturated carbocycles. The lowest BCUT2D eigenvalue weighted by molar-refractivity contribution is -0.149. The topological polar surface area (TPSA) is 54.7 Å². The first-order valence-corrected chi connectivity index (χ1v) is 5.75. The fourth-order valence-electron chi connectivity index (χ4n) is 3.07. The molecule has 1 aromatic rings. The van der Waals surface area contributed by atoms with Gasteiger partial charge in [-0.15, -0.1) is 0 Å². The van der Waals surface area contributed by atoms with Crippen molar-refractivity contribution in [1.82, 2.24) is 10.2 Å². The molecule has 1 fully saturated rings. The Balaban J connectivity index is 2.06. The van der Waals surface area contributed by atoms with E-state index in [1.54, 1.807) is 6.26 Å². The normalized spacial score (nSPS) is 32.0. The quantitative estimate of drug-likeness (QED) is 0.712. The lowest BCUT2D eigenvalue weighted by Gasteiger charge is -2.35. The smallest absolute Gasteiger partial charge is 0.328 e. The number of likely N-dealkylation sites (N-methyl/N-ethyl adjacent to an activating group) is 1. The number of carbonyl (C=O) groups excluding carboxylic acids is 1. The van der Waals surface area contributed by atoms with Crippen LogP contribution in [-0.2, 0) is 16.1 Å². The van der Waals surface area contributed by atoms with Crippen molar-refractivity contribution in [2.45, 2.75) is 18.0 Å². The van der Waals surface area contributed by atoms with Crippen LogP contribution < -0.4 is 5.32 Å². The Hall–Kier alpha value is -1.33. The van der Waals surface area contributed by atoms with E-state index in [4.69, 9.17) is 9.15 Å². The van der Waals surface area contributed by atoms with E-state index in [1.165, 1.54) is 7.11 Å². The van der Waals surface area contributed by atoms with Gasteiger partial charge >= 0.3 is 5.97 Å². The molecule has 17 heavy (non-hydrogen) atoms. The van der Waals surface area contributed by atoms with Crippen LogP contribution in [0.2, 0.25) is 0 Å². The molecule has 1 N–H and O–H groups in total. The highest BCUT2D eigenvalue weighted by Gasteiger charge is 2.56. The monoisotopic (exact) mass is 236 g/mol. The van der Waals surface area contributed by atoms with Crippen LogP contribution in [0.5, 0.6) is 0 Å². The van der Waals surface area contributed by atoms with E-state index >= 15 is 0 Å². The molecule has 2 aliphatic rings. The maximum absolute atomic E-state index is 12.1. The number of hydrogen-bond donors (Lipinski definition) is 1. The van der Waals surface area contributed by atoms with Gasteiger partial charge in [0.05, 0.1) is 19.3 Å². The molecule has 1 aromatic heterocycles. The largest absolute Gasteiger partial charge is 0.469 e. The molecule has 0 bridgehead atoms. The second-order valence-corrected chi connectivity index (χ2v) is 4.88. The zero-order chi connectivity index (χ0) is 12.0. The molecule has 0 amide bonds. The van der Waals surface area contributed by atoms with Crippen molar-refractivity contribution in [1.29, 1.82) is 0 Å². The zero-order valence-corrected chi connectivity index (χ0v) is 10.0. The molecule has 92 valence electrons. The van der Waals surface area contributed by atoms with E-state index in [9.17, 15) is 4.79 Å². The molecule has 1 saturated heterocycles. The summed E-state index contributed by atoms with van der Waals surface area (Å²) in [4.78, 5) is 14.2. The molecule has 3 rings (SSSR count). The predicted molar refractivity (Wildman–Crippen MR) is 60.5 cm³/mol. The summed E-state index contributed by atoms with van der Waals surface area (Å²) in [7, 11) is 3.44. The molecule has 5 heteroatoms. The average Bonchev–Trinajstić information content (AvgIpc) is 2.90. The highest BCUT2D eigenvalue weighted by molar-refractivity contribution is 5.83. The van der Waals surface area contributed by atoms with E-state index in [0.717, 1.165) is 17.9 Å². The lowest BCUT2D eigenvalue weighted by Crippen LogP contribution is -2.59. The van der Waals surface area contributed by atoms with Crippen molar-refractivity contribution >= 4 is 5.97 Å². The lowest BCUT2D eigenvalue weighted by atomic mass is 9.81. The van der Waals surface area contributed by atoms with Gasteiger partial charge in [-0.05, 0) is 13.1 Å². The zero-order valence-electron chi connectivity index (χ0n) is 10.0. The van der Waals surface area contributed by atoms with Gasteiger partial charge in [0.15, 0.2) is 0 Å². The van der Waals surface area contributed by atoms with Gasteiger partial charge in [0.1, 0.15) is 11.3 Å². The number of likely N-dealkylation sites (tertiary alicyclic amines) is 1. The summed E-state index contributed by atoms with van der Waals surface area (Å²) in [5.74, 6) is 0.770. The van der Waals surface area contributed by atoms with E-state index in [-0.39, 0.29) is 11.9 Å². The molecular formula is C12H16N2O3. The van der Waals surface area contributed by atoms with Crippen molar-refractivity contribution in [3.05, 3.63) is 23.7 Å². The van der Waals surface area contributed by atoms with E-state index in [1.807, 2.05) is 13.1 Å². The molecule has 3 heterocycles. The second kappa shape index (κ2) is 3.58. The van der Waals surface area contributed by atoms with Crippen LogP contribution in [0, 0.1) is 0 Å². The summed E-state index contributed by atoms with van der Waals surface area (Å²) >= 11 is 0. The third kappa shape index (κ3) is 1.36. The molecular weight excluding hydrogens is 220 g/mol. The standard InChI is InChI=1S/C12H16N2O3/c1-14-6-9-10-8(3-4-17-10)5-13-12(9,7-14)11(15)16-2/h3-4,9,13H,5-7H2,1-2H3/t9-,12-/m1/s1. The van der Waals surface area contributed by atoms with Gasteiger partial charge < -0.3 is 14.1 Å². The first-order valence-electron chi connectivity index (χ1n) is 5.75. The van der Waals surface area contributed by atoms with Crippen molar-refractivity contribution in [2.75, 3.05) is 27.2 Å². The van der Waals surface area contributed by atoms with Gasteiger partial charge in [-0.2, -0.15) is 0 Å². The minimum absolute atomic E-state index is 0.0405. The number of furan rings is 1. The number of nitrogens with one attached hydrogen (secondary N) is 1. The summed E-state index contributed by atoms with van der Waals surface area (Å²) in [6.45, 7) is 2.12. The SMILES string of the molecule is COC(=O)[C@@]12CN(C)C[C@@H]1c1occc1CN2. The van der Waals surface area contributed by atoms with Crippen LogP contribution in [0.1, 0.15) is 17.2 Å². The van der Waals surface area contributed by atoms with Crippen LogP contribution in [0.4, 0.5) is 0 Å². The third-order valence-electron chi connectivity index (χ3n) is 3.85. The Labute approximate surface area is 99.7 Å². The maximum atomic E-state index is 12.1. The fourth-order valence-corrected chi connectivity index (χ4v) is 3.07. The van der Waals surface area contributed by atoms with Crippen LogP contribution in [0.3, 0.4) is 0 Å². The van der Waals surface area contributed by atoms with Crippen LogP contribution in [0.25, 0.3) is 0 Å². The number of rotatable bonds is 1. The number of ether oxygens (including phenoxy) is 1. The van der Waals surface area contributed by atoms with Gasteiger partial charge in [0, 0.05) is 25.2 Å². The second-order valence-electron chi connectivity index (χ2n) is 4.88. The number of hydrogen-bond acceptors (Lipinski definition) is 5.